The van der Waals surface area contributed by atoms with Gasteiger partial charge >= 0.3 is 0 Å². The van der Waals surface area contributed by atoms with Gasteiger partial charge in [-0.2, -0.15) is 0 Å². The molecule has 0 aliphatic carbocycles. The topological polar surface area (TPSA) is 105 Å². The third-order valence-electron chi connectivity index (χ3n) is 6.23. The van der Waals surface area contributed by atoms with E-state index in [4.69, 9.17) is 9.47 Å². The molecule has 0 saturated heterocycles. The van der Waals surface area contributed by atoms with Gasteiger partial charge in [-0.25, -0.2) is 8.42 Å². The first-order valence-electron chi connectivity index (χ1n) is 12.9. The summed E-state index contributed by atoms with van der Waals surface area (Å²) in [6.07, 6.45) is 1.29. The zero-order valence-corrected chi connectivity index (χ0v) is 24.4. The summed E-state index contributed by atoms with van der Waals surface area (Å²) in [5, 5.41) is 2.93. The van der Waals surface area contributed by atoms with Crippen LogP contribution in [0.2, 0.25) is 0 Å². The van der Waals surface area contributed by atoms with E-state index >= 15 is 0 Å². The minimum absolute atomic E-state index is 0.117. The van der Waals surface area contributed by atoms with Crippen LogP contribution >= 0.6 is 0 Å². The molecular weight excluding hydrogens is 530 g/mol. The summed E-state index contributed by atoms with van der Waals surface area (Å²) < 4.78 is 37.5. The molecule has 9 nitrogen and oxygen atoms in total. The van der Waals surface area contributed by atoms with Crippen molar-refractivity contribution in [3.63, 3.8) is 0 Å². The highest BCUT2D eigenvalue weighted by atomic mass is 32.2. The zero-order chi connectivity index (χ0) is 29.3. The number of methoxy groups -OCH3 is 2. The molecule has 1 N–H and O–H groups in total. The molecule has 40 heavy (non-hydrogen) atoms. The molecule has 0 radical (unpaired) electrons. The number of hydrogen-bond donors (Lipinski definition) is 1. The van der Waals surface area contributed by atoms with Gasteiger partial charge in [0, 0.05) is 25.1 Å². The van der Waals surface area contributed by atoms with Crippen molar-refractivity contribution in [2.75, 3.05) is 31.3 Å². The molecule has 1 atom stereocenters. The van der Waals surface area contributed by atoms with Gasteiger partial charge in [0.1, 0.15) is 12.6 Å². The number of hydrogen-bond acceptors (Lipinski definition) is 6. The molecule has 0 spiro atoms. The lowest BCUT2D eigenvalue weighted by Gasteiger charge is -2.34. The molecule has 0 aromatic heterocycles. The molecule has 0 fully saturated rings. The number of nitrogens with one attached hydrogen (secondary N) is 1. The van der Waals surface area contributed by atoms with E-state index in [1.165, 1.54) is 25.2 Å². The summed E-state index contributed by atoms with van der Waals surface area (Å²) in [5.74, 6) is -0.102. The van der Waals surface area contributed by atoms with Crippen molar-refractivity contribution in [3.8, 4) is 11.5 Å². The van der Waals surface area contributed by atoms with Gasteiger partial charge in [0.2, 0.25) is 21.8 Å². The van der Waals surface area contributed by atoms with Crippen LogP contribution in [-0.2, 0) is 32.6 Å². The highest BCUT2D eigenvalue weighted by Gasteiger charge is 2.33. The Morgan fingerprint density at radius 1 is 0.850 bits per heavy atom. The van der Waals surface area contributed by atoms with Crippen LogP contribution in [0.5, 0.6) is 11.5 Å². The van der Waals surface area contributed by atoms with E-state index < -0.39 is 28.5 Å². The summed E-state index contributed by atoms with van der Waals surface area (Å²) in [4.78, 5) is 29.1. The molecule has 3 aromatic carbocycles. The number of benzene rings is 3. The van der Waals surface area contributed by atoms with E-state index in [-0.39, 0.29) is 30.6 Å². The number of anilines is 1. The molecule has 3 rings (SSSR count). The Balaban J connectivity index is 2.05. The lowest BCUT2D eigenvalue weighted by molar-refractivity contribution is -0.140. The van der Waals surface area contributed by atoms with Gasteiger partial charge in [-0.05, 0) is 37.1 Å². The first kappa shape index (κ1) is 30.5. The van der Waals surface area contributed by atoms with Crippen molar-refractivity contribution in [2.45, 2.75) is 38.9 Å². The third kappa shape index (κ3) is 8.22. The Labute approximate surface area is 236 Å². The van der Waals surface area contributed by atoms with Crippen molar-refractivity contribution in [1.82, 2.24) is 10.2 Å². The van der Waals surface area contributed by atoms with E-state index in [1.807, 2.05) is 74.5 Å². The second-order valence-electron chi connectivity index (χ2n) is 9.68. The number of ether oxygens (including phenoxy) is 2. The monoisotopic (exact) mass is 567 g/mol. The SMILES string of the molecule is COc1ccc(N(CC(=O)N(Cc2ccccc2)[C@H](Cc2ccccc2)C(=O)NC(C)C)S(C)(=O)=O)cc1OC. The molecule has 214 valence electrons. The minimum Gasteiger partial charge on any atom is -0.493 e. The predicted molar refractivity (Wildman–Crippen MR) is 156 cm³/mol. The smallest absolute Gasteiger partial charge is 0.244 e. The fourth-order valence-electron chi connectivity index (χ4n) is 4.31. The van der Waals surface area contributed by atoms with Crippen LogP contribution in [0.25, 0.3) is 0 Å². The second-order valence-corrected chi connectivity index (χ2v) is 11.6. The summed E-state index contributed by atoms with van der Waals surface area (Å²) in [6.45, 7) is 3.31. The Bertz CT molecular complexity index is 1380. The van der Waals surface area contributed by atoms with Crippen LogP contribution in [0.3, 0.4) is 0 Å². The summed E-state index contributed by atoms with van der Waals surface area (Å²) >= 11 is 0. The Kier molecular flexibility index (Phi) is 10.6. The van der Waals surface area contributed by atoms with Crippen LogP contribution in [0.15, 0.2) is 78.9 Å². The number of nitrogens with zero attached hydrogens (tertiary/aromatic N) is 2. The lowest BCUT2D eigenvalue weighted by atomic mass is 10.0. The molecule has 3 aromatic rings. The van der Waals surface area contributed by atoms with Gasteiger partial charge in [-0.3, -0.25) is 13.9 Å². The Hall–Kier alpha value is -4.05. The van der Waals surface area contributed by atoms with Gasteiger partial charge in [-0.1, -0.05) is 60.7 Å². The number of carbonyl (C=O) groups excluding carboxylic acids is 2. The predicted octanol–water partition coefficient (Wildman–Crippen LogP) is 3.63. The minimum atomic E-state index is -3.90. The molecule has 0 saturated carbocycles. The van der Waals surface area contributed by atoms with Crippen LogP contribution < -0.4 is 19.1 Å². The van der Waals surface area contributed by atoms with Crippen LogP contribution in [-0.4, -0.2) is 64.2 Å². The molecule has 0 unspecified atom stereocenters. The quantitative estimate of drug-likeness (QED) is 0.338. The van der Waals surface area contributed by atoms with Gasteiger partial charge in [0.05, 0.1) is 26.2 Å². The molecule has 0 aliphatic heterocycles. The largest absolute Gasteiger partial charge is 0.493 e. The van der Waals surface area contributed by atoms with E-state index in [1.54, 1.807) is 12.1 Å². The Morgan fingerprint density at radius 2 is 1.43 bits per heavy atom. The van der Waals surface area contributed by atoms with Crippen LogP contribution in [0.4, 0.5) is 5.69 Å². The van der Waals surface area contributed by atoms with E-state index in [0.29, 0.717) is 11.5 Å². The normalized spacial score (nSPS) is 11.9. The van der Waals surface area contributed by atoms with Gasteiger partial charge in [0.25, 0.3) is 0 Å². The molecule has 10 heteroatoms. The van der Waals surface area contributed by atoms with Crippen LogP contribution in [0, 0.1) is 0 Å². The number of rotatable bonds is 13. The maximum atomic E-state index is 14.1. The maximum Gasteiger partial charge on any atom is 0.244 e. The zero-order valence-electron chi connectivity index (χ0n) is 23.5. The molecule has 2 amide bonds. The number of carbonyl (C=O) groups is 2. The average Bonchev–Trinajstić information content (AvgIpc) is 2.93. The van der Waals surface area contributed by atoms with Crippen molar-refractivity contribution in [1.29, 1.82) is 0 Å². The van der Waals surface area contributed by atoms with Gasteiger partial charge < -0.3 is 19.7 Å². The first-order valence-corrected chi connectivity index (χ1v) is 14.8. The van der Waals surface area contributed by atoms with Crippen molar-refractivity contribution in [3.05, 3.63) is 90.0 Å². The van der Waals surface area contributed by atoms with E-state index in [0.717, 1.165) is 21.7 Å². The van der Waals surface area contributed by atoms with Gasteiger partial charge in [0.15, 0.2) is 11.5 Å². The fraction of sp³-hybridized carbons (Fsp3) is 0.333. The van der Waals surface area contributed by atoms with E-state index in [9.17, 15) is 18.0 Å². The summed E-state index contributed by atoms with van der Waals surface area (Å²) in [7, 11) is -0.976. The van der Waals surface area contributed by atoms with Crippen molar-refractivity contribution < 1.29 is 27.5 Å². The van der Waals surface area contributed by atoms with E-state index in [2.05, 4.69) is 5.32 Å². The Morgan fingerprint density at radius 3 is 1.95 bits per heavy atom. The average molecular weight is 568 g/mol. The number of amides is 2. The summed E-state index contributed by atoms with van der Waals surface area (Å²) in [6, 6.07) is 22.3. The molecule has 0 bridgehead atoms. The molecule has 0 aliphatic rings. The first-order chi connectivity index (χ1) is 19.0. The lowest BCUT2D eigenvalue weighted by Crippen LogP contribution is -2.54. The second kappa shape index (κ2) is 13.8. The fourth-order valence-corrected chi connectivity index (χ4v) is 5.15. The standard InChI is InChI=1S/C30H37N3O6S/c1-22(2)31-30(35)26(18-23-12-8-6-9-13-23)32(20-24-14-10-7-11-15-24)29(34)21-33(40(5,36)37)25-16-17-27(38-3)28(19-25)39-4/h6-17,19,22,26H,18,20-21H2,1-5H3,(H,31,35)/t26-/m1/s1. The van der Waals surface area contributed by atoms with Crippen molar-refractivity contribution >= 4 is 27.5 Å². The number of sulfonamides is 1. The van der Waals surface area contributed by atoms with Crippen molar-refractivity contribution in [2.24, 2.45) is 0 Å². The maximum absolute atomic E-state index is 14.1. The highest BCUT2D eigenvalue weighted by Crippen LogP contribution is 2.32. The summed E-state index contributed by atoms with van der Waals surface area (Å²) in [5.41, 5.74) is 1.92. The highest BCUT2D eigenvalue weighted by molar-refractivity contribution is 7.92. The third-order valence-corrected chi connectivity index (χ3v) is 7.37. The van der Waals surface area contributed by atoms with Gasteiger partial charge in [-0.15, -0.1) is 0 Å². The molecule has 0 heterocycles. The molecular formula is C30H37N3O6S. The van der Waals surface area contributed by atoms with Crippen LogP contribution in [0.1, 0.15) is 25.0 Å².